The lowest BCUT2D eigenvalue weighted by Gasteiger charge is -2.06. The molecule has 0 radical (unpaired) electrons. The molecule has 0 aliphatic rings. The average Bonchev–Trinajstić information content (AvgIpc) is 3.01. The number of aromatic nitrogens is 1. The molecule has 0 aliphatic carbocycles. The number of hydrogen-bond acceptors (Lipinski definition) is 5. The number of thiazole rings is 1. The normalized spacial score (nSPS) is 11.9. The number of amides is 1. The molecule has 4 nitrogen and oxygen atoms in total. The van der Waals surface area contributed by atoms with Gasteiger partial charge in [0.05, 0.1) is 23.1 Å². The lowest BCUT2D eigenvalue weighted by atomic mass is 10.1. The number of benzene rings is 2. The Kier molecular flexibility index (Phi) is 7.26. The number of thioether (sulfide) groups is 2. The number of methoxy groups -OCH3 is 1. The van der Waals surface area contributed by atoms with Crippen molar-refractivity contribution in [2.45, 2.75) is 25.3 Å². The number of carbonyl (C=O) groups excluding carboxylic acids is 1. The maximum atomic E-state index is 12.5. The molecule has 1 amide bonds. The van der Waals surface area contributed by atoms with E-state index < -0.39 is 0 Å². The molecule has 0 spiro atoms. The second-order valence-electron chi connectivity index (χ2n) is 6.40. The molecule has 0 atom stereocenters. The number of rotatable bonds is 7. The fourth-order valence-electron chi connectivity index (χ4n) is 2.76. The molecule has 0 saturated carbocycles. The first kappa shape index (κ1) is 21.0. The van der Waals surface area contributed by atoms with Crippen LogP contribution in [0, 0.1) is 13.8 Å². The Morgan fingerprint density at radius 1 is 1.18 bits per heavy atom. The summed E-state index contributed by atoms with van der Waals surface area (Å²) in [5.74, 6) is 2.01. The molecule has 148 valence electrons. The first-order valence-electron chi connectivity index (χ1n) is 8.95. The van der Waals surface area contributed by atoms with Crippen LogP contribution in [0.15, 0.2) is 46.3 Å². The van der Waals surface area contributed by atoms with E-state index >= 15 is 0 Å². The van der Waals surface area contributed by atoms with E-state index in [0.29, 0.717) is 5.75 Å². The van der Waals surface area contributed by atoms with Gasteiger partial charge in [-0.15, -0.1) is 11.8 Å². The zero-order valence-corrected chi connectivity index (χ0v) is 19.0. The Morgan fingerprint density at radius 3 is 2.57 bits per heavy atom. The molecular weight excluding hydrogens is 408 g/mol. The Labute approximate surface area is 178 Å². The van der Waals surface area contributed by atoms with Gasteiger partial charge in [0.25, 0.3) is 5.91 Å². The van der Waals surface area contributed by atoms with Crippen LogP contribution in [0.5, 0.6) is 5.75 Å². The van der Waals surface area contributed by atoms with Gasteiger partial charge in [0.15, 0.2) is 4.80 Å². The highest BCUT2D eigenvalue weighted by atomic mass is 32.2. The van der Waals surface area contributed by atoms with Crippen LogP contribution >= 0.6 is 34.9 Å². The summed E-state index contributed by atoms with van der Waals surface area (Å²) in [6, 6.07) is 12.1. The van der Waals surface area contributed by atoms with Crippen molar-refractivity contribution in [3.05, 3.63) is 52.3 Å². The predicted octanol–water partition coefficient (Wildman–Crippen LogP) is 4.91. The molecule has 28 heavy (non-hydrogen) atoms. The molecule has 0 saturated heterocycles. The third-order valence-corrected chi connectivity index (χ3v) is 7.09. The lowest BCUT2D eigenvalue weighted by Crippen LogP contribution is -2.18. The molecule has 1 heterocycles. The predicted molar refractivity (Wildman–Crippen MR) is 122 cm³/mol. The van der Waals surface area contributed by atoms with Gasteiger partial charge in [-0.3, -0.25) is 4.79 Å². The van der Waals surface area contributed by atoms with Gasteiger partial charge in [0.2, 0.25) is 0 Å². The van der Waals surface area contributed by atoms with Crippen LogP contribution in [-0.2, 0) is 11.3 Å². The van der Waals surface area contributed by atoms with E-state index in [1.54, 1.807) is 30.2 Å². The highest BCUT2D eigenvalue weighted by Gasteiger charge is 2.10. The Bertz CT molecular complexity index is 1040. The van der Waals surface area contributed by atoms with Gasteiger partial charge in [-0.1, -0.05) is 11.3 Å². The molecule has 0 aliphatic heterocycles. The monoisotopic (exact) mass is 432 g/mol. The topological polar surface area (TPSA) is 43.6 Å². The van der Waals surface area contributed by atoms with Crippen LogP contribution in [0.1, 0.15) is 11.1 Å². The van der Waals surface area contributed by atoms with Crippen LogP contribution in [0.4, 0.5) is 0 Å². The SMILES string of the molecule is COc1ccc(SCC(=O)N=c2sc3cc(C)c(C)cc3n2CCSC)cc1. The van der Waals surface area contributed by atoms with Gasteiger partial charge in [-0.05, 0) is 67.6 Å². The van der Waals surface area contributed by atoms with E-state index in [4.69, 9.17) is 4.74 Å². The summed E-state index contributed by atoms with van der Waals surface area (Å²) in [5, 5.41) is 0. The van der Waals surface area contributed by atoms with E-state index in [9.17, 15) is 4.79 Å². The van der Waals surface area contributed by atoms with E-state index in [2.05, 4.69) is 41.8 Å². The fraction of sp³-hybridized carbons (Fsp3) is 0.333. The van der Waals surface area contributed by atoms with Crippen molar-refractivity contribution in [1.29, 1.82) is 0 Å². The molecule has 2 aromatic carbocycles. The summed E-state index contributed by atoms with van der Waals surface area (Å²) in [6.45, 7) is 5.09. The van der Waals surface area contributed by atoms with Crippen LogP contribution < -0.4 is 9.54 Å². The zero-order valence-electron chi connectivity index (χ0n) is 16.5. The van der Waals surface area contributed by atoms with Gasteiger partial charge in [-0.25, -0.2) is 0 Å². The highest BCUT2D eigenvalue weighted by Crippen LogP contribution is 2.23. The number of nitrogens with zero attached hydrogens (tertiary/aromatic N) is 2. The minimum atomic E-state index is -0.112. The van der Waals surface area contributed by atoms with Crippen molar-refractivity contribution in [3.8, 4) is 5.75 Å². The van der Waals surface area contributed by atoms with Crippen molar-refractivity contribution in [2.24, 2.45) is 4.99 Å². The van der Waals surface area contributed by atoms with Crippen LogP contribution in [0.25, 0.3) is 10.2 Å². The summed E-state index contributed by atoms with van der Waals surface area (Å²) in [4.78, 5) is 18.8. The first-order valence-corrected chi connectivity index (χ1v) is 12.2. The molecule has 3 aromatic rings. The lowest BCUT2D eigenvalue weighted by molar-refractivity contribution is -0.115. The molecule has 0 bridgehead atoms. The number of hydrogen-bond donors (Lipinski definition) is 0. The molecule has 7 heteroatoms. The van der Waals surface area contributed by atoms with E-state index in [-0.39, 0.29) is 5.91 Å². The minimum absolute atomic E-state index is 0.112. The van der Waals surface area contributed by atoms with Crippen molar-refractivity contribution in [2.75, 3.05) is 24.9 Å². The summed E-state index contributed by atoms with van der Waals surface area (Å²) >= 11 is 4.88. The Morgan fingerprint density at radius 2 is 1.89 bits per heavy atom. The van der Waals surface area contributed by atoms with Crippen LogP contribution in [0.2, 0.25) is 0 Å². The van der Waals surface area contributed by atoms with Crippen LogP contribution in [-0.4, -0.2) is 35.3 Å². The van der Waals surface area contributed by atoms with Crippen molar-refractivity contribution < 1.29 is 9.53 Å². The Hall–Kier alpha value is -1.70. The highest BCUT2D eigenvalue weighted by molar-refractivity contribution is 8.00. The quantitative estimate of drug-likeness (QED) is 0.498. The number of fused-ring (bicyclic) bond motifs is 1. The third-order valence-electron chi connectivity index (χ3n) is 4.46. The molecular formula is C21H24N2O2S3. The number of carbonyl (C=O) groups is 1. The molecule has 1 aromatic heterocycles. The summed E-state index contributed by atoms with van der Waals surface area (Å²) < 4.78 is 8.53. The van der Waals surface area contributed by atoms with E-state index in [1.165, 1.54) is 27.6 Å². The van der Waals surface area contributed by atoms with Crippen molar-refractivity contribution in [1.82, 2.24) is 4.57 Å². The second kappa shape index (κ2) is 9.67. The number of ether oxygens (including phenoxy) is 1. The van der Waals surface area contributed by atoms with Crippen molar-refractivity contribution in [3.63, 3.8) is 0 Å². The summed E-state index contributed by atoms with van der Waals surface area (Å²) in [7, 11) is 1.64. The van der Waals surface area contributed by atoms with Crippen LogP contribution in [0.3, 0.4) is 0 Å². The standard InChI is InChI=1S/C21H24N2O2S3/c1-14-11-18-19(12-15(14)2)28-21(23(18)9-10-26-4)22-20(24)13-27-17-7-5-16(25-3)6-8-17/h5-8,11-12H,9-10,13H2,1-4H3. The maximum Gasteiger partial charge on any atom is 0.258 e. The van der Waals surface area contributed by atoms with Gasteiger partial charge < -0.3 is 9.30 Å². The largest absolute Gasteiger partial charge is 0.497 e. The van der Waals surface area contributed by atoms with Gasteiger partial charge in [-0.2, -0.15) is 16.8 Å². The van der Waals surface area contributed by atoms with E-state index in [1.807, 2.05) is 24.3 Å². The maximum absolute atomic E-state index is 12.5. The zero-order chi connectivity index (χ0) is 20.1. The summed E-state index contributed by atoms with van der Waals surface area (Å²) in [6.07, 6.45) is 2.10. The Balaban J connectivity index is 1.85. The van der Waals surface area contributed by atoms with Gasteiger partial charge in [0.1, 0.15) is 5.75 Å². The van der Waals surface area contributed by atoms with Gasteiger partial charge >= 0.3 is 0 Å². The first-order chi connectivity index (χ1) is 13.5. The average molecular weight is 433 g/mol. The smallest absolute Gasteiger partial charge is 0.258 e. The van der Waals surface area contributed by atoms with Crippen molar-refractivity contribution >= 4 is 51.0 Å². The fourth-order valence-corrected chi connectivity index (χ4v) is 4.96. The molecule has 0 fully saturated rings. The second-order valence-corrected chi connectivity index (χ2v) is 9.45. The van der Waals surface area contributed by atoms with Gasteiger partial charge in [0, 0.05) is 17.2 Å². The third kappa shape index (κ3) is 5.01. The molecule has 0 unspecified atom stereocenters. The minimum Gasteiger partial charge on any atom is -0.497 e. The molecule has 0 N–H and O–H groups in total. The molecule has 3 rings (SSSR count). The number of aryl methyl sites for hydroxylation is 3. The summed E-state index contributed by atoms with van der Waals surface area (Å²) in [5.41, 5.74) is 3.69. The van der Waals surface area contributed by atoms with E-state index in [0.717, 1.165) is 33.3 Å².